The second-order valence-corrected chi connectivity index (χ2v) is 6.90. The molecule has 2 saturated heterocycles. The molecular weight excluding hydrogens is 348 g/mol. The van der Waals surface area contributed by atoms with Crippen LogP contribution in [0.25, 0.3) is 0 Å². The summed E-state index contributed by atoms with van der Waals surface area (Å²) in [5.74, 6) is -0.360. The number of hydrogen-bond donors (Lipinski definition) is 1. The van der Waals surface area contributed by atoms with E-state index in [1.807, 2.05) is 18.2 Å². The molecule has 2 aromatic heterocycles. The molecule has 0 aliphatic carbocycles. The van der Waals surface area contributed by atoms with Crippen molar-refractivity contribution in [3.63, 3.8) is 0 Å². The zero-order valence-corrected chi connectivity index (χ0v) is 15.1. The second kappa shape index (κ2) is 7.58. The SMILES string of the molecule is CC(=O)c1cc(C(=O)N2C[C@H](OCc3ccccn3)[C@H]3OCCC[C@H]32)[nH]n1. The predicted molar refractivity (Wildman–Crippen MR) is 95.2 cm³/mol. The molecule has 2 aromatic rings. The predicted octanol–water partition coefficient (Wildman–Crippen LogP) is 1.60. The van der Waals surface area contributed by atoms with Crippen LogP contribution in [0.4, 0.5) is 0 Å². The van der Waals surface area contributed by atoms with Crippen LogP contribution in [-0.4, -0.2) is 63.2 Å². The van der Waals surface area contributed by atoms with E-state index < -0.39 is 0 Å². The molecule has 2 fully saturated rings. The fourth-order valence-electron chi connectivity index (χ4n) is 3.73. The van der Waals surface area contributed by atoms with E-state index in [0.29, 0.717) is 25.5 Å². The van der Waals surface area contributed by atoms with Gasteiger partial charge in [-0.2, -0.15) is 5.10 Å². The van der Waals surface area contributed by atoms with Crippen LogP contribution in [0.2, 0.25) is 0 Å². The van der Waals surface area contributed by atoms with Gasteiger partial charge in [0.05, 0.1) is 24.9 Å². The van der Waals surface area contributed by atoms with E-state index in [0.717, 1.165) is 18.5 Å². The number of likely N-dealkylation sites (tertiary alicyclic amines) is 1. The van der Waals surface area contributed by atoms with Gasteiger partial charge in [0.1, 0.15) is 23.6 Å². The van der Waals surface area contributed by atoms with E-state index >= 15 is 0 Å². The number of Topliss-reactive ketones (excluding diaryl/α,β-unsaturated/α-hetero) is 1. The number of hydrogen-bond acceptors (Lipinski definition) is 6. The average Bonchev–Trinajstić information content (AvgIpc) is 3.32. The van der Waals surface area contributed by atoms with Crippen LogP contribution < -0.4 is 0 Å². The van der Waals surface area contributed by atoms with Crippen molar-refractivity contribution < 1.29 is 19.1 Å². The van der Waals surface area contributed by atoms with Gasteiger partial charge in [-0.3, -0.25) is 19.7 Å². The van der Waals surface area contributed by atoms with Crippen molar-refractivity contribution in [2.45, 2.75) is 44.6 Å². The third-order valence-electron chi connectivity index (χ3n) is 5.08. The van der Waals surface area contributed by atoms with Crippen LogP contribution in [0.5, 0.6) is 0 Å². The van der Waals surface area contributed by atoms with Gasteiger partial charge in [-0.05, 0) is 31.0 Å². The summed E-state index contributed by atoms with van der Waals surface area (Å²) in [6.07, 6.45) is 3.14. The Morgan fingerprint density at radius 1 is 1.41 bits per heavy atom. The van der Waals surface area contributed by atoms with Gasteiger partial charge < -0.3 is 14.4 Å². The third kappa shape index (κ3) is 3.63. The number of fused-ring (bicyclic) bond motifs is 1. The summed E-state index contributed by atoms with van der Waals surface area (Å²) in [4.78, 5) is 30.5. The maximum atomic E-state index is 13.0. The van der Waals surface area contributed by atoms with E-state index in [9.17, 15) is 9.59 Å². The van der Waals surface area contributed by atoms with Gasteiger partial charge in [0.2, 0.25) is 0 Å². The minimum absolute atomic E-state index is 0.0379. The average molecular weight is 370 g/mol. The first kappa shape index (κ1) is 17.8. The topological polar surface area (TPSA) is 97.4 Å². The third-order valence-corrected chi connectivity index (χ3v) is 5.08. The van der Waals surface area contributed by atoms with Crippen molar-refractivity contribution in [2.24, 2.45) is 0 Å². The Morgan fingerprint density at radius 2 is 2.30 bits per heavy atom. The van der Waals surface area contributed by atoms with Gasteiger partial charge in [0.15, 0.2) is 5.78 Å². The smallest absolute Gasteiger partial charge is 0.272 e. The molecule has 2 aliphatic rings. The van der Waals surface area contributed by atoms with Crippen molar-refractivity contribution in [1.29, 1.82) is 0 Å². The number of pyridine rings is 1. The monoisotopic (exact) mass is 370 g/mol. The summed E-state index contributed by atoms with van der Waals surface area (Å²) < 4.78 is 12.0. The van der Waals surface area contributed by atoms with Gasteiger partial charge >= 0.3 is 0 Å². The standard InChI is InChI=1S/C19H22N4O4/c1-12(24)14-9-15(22-21-14)19(25)23-10-17(18-16(23)6-4-8-26-18)27-11-13-5-2-3-7-20-13/h2-3,5,7,9,16-18H,4,6,8,10-11H2,1H3,(H,21,22)/t16-,17+,18+/m1/s1. The highest BCUT2D eigenvalue weighted by Crippen LogP contribution is 2.32. The van der Waals surface area contributed by atoms with Crippen LogP contribution in [-0.2, 0) is 16.1 Å². The van der Waals surface area contributed by atoms with Gasteiger partial charge in [-0.1, -0.05) is 6.07 Å². The maximum absolute atomic E-state index is 13.0. The van der Waals surface area contributed by atoms with Crippen molar-refractivity contribution in [1.82, 2.24) is 20.1 Å². The summed E-state index contributed by atoms with van der Waals surface area (Å²) >= 11 is 0. The highest BCUT2D eigenvalue weighted by atomic mass is 16.5. The molecule has 8 nitrogen and oxygen atoms in total. The molecule has 0 bridgehead atoms. The van der Waals surface area contributed by atoms with Gasteiger partial charge in [0.25, 0.3) is 5.91 Å². The van der Waals surface area contributed by atoms with E-state index in [-0.39, 0.29) is 35.6 Å². The van der Waals surface area contributed by atoms with E-state index in [1.165, 1.54) is 13.0 Å². The van der Waals surface area contributed by atoms with Crippen LogP contribution in [0.1, 0.15) is 46.4 Å². The lowest BCUT2D eigenvalue weighted by Crippen LogP contribution is -2.44. The molecule has 4 heterocycles. The Balaban J connectivity index is 1.49. The van der Waals surface area contributed by atoms with Crippen LogP contribution in [0, 0.1) is 0 Å². The lowest BCUT2D eigenvalue weighted by atomic mass is 10.0. The summed E-state index contributed by atoms with van der Waals surface area (Å²) in [5.41, 5.74) is 1.42. The van der Waals surface area contributed by atoms with Gasteiger partial charge in [-0.25, -0.2) is 0 Å². The van der Waals surface area contributed by atoms with Crippen molar-refractivity contribution in [3.8, 4) is 0 Å². The molecule has 3 atom stereocenters. The molecule has 4 rings (SSSR count). The molecule has 1 N–H and O–H groups in total. The van der Waals surface area contributed by atoms with Crippen molar-refractivity contribution in [2.75, 3.05) is 13.2 Å². The lowest BCUT2D eigenvalue weighted by Gasteiger charge is -2.31. The molecule has 8 heteroatoms. The Labute approximate surface area is 156 Å². The molecule has 142 valence electrons. The molecule has 0 saturated carbocycles. The summed E-state index contributed by atoms with van der Waals surface area (Å²) in [7, 11) is 0. The second-order valence-electron chi connectivity index (χ2n) is 6.90. The fourth-order valence-corrected chi connectivity index (χ4v) is 3.73. The minimum Gasteiger partial charge on any atom is -0.373 e. The summed E-state index contributed by atoms with van der Waals surface area (Å²) in [5, 5.41) is 6.59. The number of nitrogens with zero attached hydrogens (tertiary/aromatic N) is 3. The quantitative estimate of drug-likeness (QED) is 0.803. The lowest BCUT2D eigenvalue weighted by molar-refractivity contribution is -0.0814. The number of ether oxygens (including phenoxy) is 2. The number of rotatable bonds is 5. The number of aromatic nitrogens is 3. The number of H-pyrrole nitrogens is 1. The highest BCUT2D eigenvalue weighted by molar-refractivity contribution is 5.97. The van der Waals surface area contributed by atoms with E-state index in [4.69, 9.17) is 9.47 Å². The van der Waals surface area contributed by atoms with Crippen LogP contribution in [0.3, 0.4) is 0 Å². The first-order valence-electron chi connectivity index (χ1n) is 9.14. The maximum Gasteiger partial charge on any atom is 0.272 e. The summed E-state index contributed by atoms with van der Waals surface area (Å²) in [6.45, 7) is 2.91. The fraction of sp³-hybridized carbons (Fsp3) is 0.474. The zero-order chi connectivity index (χ0) is 18.8. The Hall–Kier alpha value is -2.58. The Morgan fingerprint density at radius 3 is 3.04 bits per heavy atom. The van der Waals surface area contributed by atoms with Gasteiger partial charge in [0, 0.05) is 19.7 Å². The Bertz CT molecular complexity index is 822. The molecule has 0 radical (unpaired) electrons. The van der Waals surface area contributed by atoms with E-state index in [2.05, 4.69) is 15.2 Å². The summed E-state index contributed by atoms with van der Waals surface area (Å²) in [6, 6.07) is 7.15. The number of amides is 1. The number of carbonyl (C=O) groups excluding carboxylic acids is 2. The first-order chi connectivity index (χ1) is 13.1. The van der Waals surface area contributed by atoms with Crippen LogP contribution >= 0.6 is 0 Å². The largest absolute Gasteiger partial charge is 0.373 e. The molecule has 1 amide bonds. The normalized spacial score (nSPS) is 24.6. The number of nitrogens with one attached hydrogen (secondary N) is 1. The number of aromatic amines is 1. The highest BCUT2D eigenvalue weighted by Gasteiger charge is 2.47. The molecule has 0 unspecified atom stereocenters. The molecule has 0 spiro atoms. The Kier molecular flexibility index (Phi) is 5.00. The van der Waals surface area contributed by atoms with Crippen molar-refractivity contribution >= 4 is 11.7 Å². The molecule has 27 heavy (non-hydrogen) atoms. The molecule has 0 aromatic carbocycles. The van der Waals surface area contributed by atoms with Crippen molar-refractivity contribution in [3.05, 3.63) is 47.5 Å². The molecule has 2 aliphatic heterocycles. The molecular formula is C19H22N4O4. The number of ketones is 1. The first-order valence-corrected chi connectivity index (χ1v) is 9.14. The zero-order valence-electron chi connectivity index (χ0n) is 15.1. The minimum atomic E-state index is -0.212. The van der Waals surface area contributed by atoms with Gasteiger partial charge in [-0.15, -0.1) is 0 Å². The van der Waals surface area contributed by atoms with Crippen LogP contribution in [0.15, 0.2) is 30.5 Å². The number of carbonyl (C=O) groups is 2. The van der Waals surface area contributed by atoms with E-state index in [1.54, 1.807) is 11.1 Å².